The van der Waals surface area contributed by atoms with Crippen molar-refractivity contribution in [2.75, 3.05) is 18.2 Å². The molecule has 0 radical (unpaired) electrons. The first-order chi connectivity index (χ1) is 12.7. The third-order valence-corrected chi connectivity index (χ3v) is 4.50. The Kier molecular flexibility index (Phi) is 6.42. The highest BCUT2D eigenvalue weighted by atomic mass is 32.2. The van der Waals surface area contributed by atoms with Crippen LogP contribution in [-0.4, -0.2) is 24.7 Å². The van der Waals surface area contributed by atoms with Crippen molar-refractivity contribution in [3.8, 4) is 0 Å². The molecule has 2 aromatic carbocycles. The molecule has 0 saturated carbocycles. The lowest BCUT2D eigenvalue weighted by Crippen LogP contribution is -2.16. The molecule has 0 unspecified atom stereocenters. The van der Waals surface area contributed by atoms with E-state index in [9.17, 15) is 31.5 Å². The topological polar surface area (TPSA) is 55.4 Å². The van der Waals surface area contributed by atoms with E-state index in [4.69, 9.17) is 0 Å². The van der Waals surface area contributed by atoms with Gasteiger partial charge in [0.1, 0.15) is 0 Å². The van der Waals surface area contributed by atoms with Gasteiger partial charge in [-0.1, -0.05) is 6.07 Å². The first-order valence-electron chi connectivity index (χ1n) is 7.30. The van der Waals surface area contributed by atoms with Crippen molar-refractivity contribution in [1.82, 2.24) is 0 Å². The van der Waals surface area contributed by atoms with Crippen molar-refractivity contribution >= 4 is 29.3 Å². The number of hydrogen-bond donors (Lipinski definition) is 1. The van der Waals surface area contributed by atoms with Gasteiger partial charge in [-0.3, -0.25) is 4.79 Å². The van der Waals surface area contributed by atoms with Crippen LogP contribution in [0, 0.1) is 36.0 Å². The fourth-order valence-electron chi connectivity index (χ4n) is 2.04. The zero-order valence-corrected chi connectivity index (χ0v) is 14.8. The lowest BCUT2D eigenvalue weighted by atomic mass is 10.1. The summed E-state index contributed by atoms with van der Waals surface area (Å²) in [5.74, 6) is -12.5. The van der Waals surface area contributed by atoms with Crippen molar-refractivity contribution in [2.24, 2.45) is 0 Å². The largest absolute Gasteiger partial charge is 0.465 e. The van der Waals surface area contributed by atoms with E-state index in [2.05, 4.69) is 10.1 Å². The molecule has 0 fully saturated rings. The van der Waals surface area contributed by atoms with Crippen LogP contribution in [-0.2, 0) is 9.53 Å². The van der Waals surface area contributed by atoms with Crippen LogP contribution >= 0.6 is 11.8 Å². The fraction of sp³-hybridized carbons (Fsp3) is 0.176. The summed E-state index contributed by atoms with van der Waals surface area (Å²) in [6.07, 6.45) is 0. The average Bonchev–Trinajstić information content (AvgIpc) is 2.65. The van der Waals surface area contributed by atoms with Gasteiger partial charge in [0.2, 0.25) is 11.7 Å². The van der Waals surface area contributed by atoms with Gasteiger partial charge in [-0.05, 0) is 24.6 Å². The molecule has 27 heavy (non-hydrogen) atoms. The summed E-state index contributed by atoms with van der Waals surface area (Å²) in [7, 11) is 1.18. The first-order valence-corrected chi connectivity index (χ1v) is 8.29. The molecule has 0 aliphatic rings. The number of thioether (sulfide) groups is 1. The molecule has 0 heterocycles. The highest BCUT2D eigenvalue weighted by Gasteiger charge is 2.26. The maximum Gasteiger partial charge on any atom is 0.337 e. The molecule has 0 saturated heterocycles. The second kappa shape index (κ2) is 8.38. The number of aryl methyl sites for hydroxylation is 1. The molecule has 0 atom stereocenters. The summed E-state index contributed by atoms with van der Waals surface area (Å²) in [5.41, 5.74) is 0.976. The number of halogens is 5. The smallest absolute Gasteiger partial charge is 0.337 e. The van der Waals surface area contributed by atoms with Gasteiger partial charge in [-0.2, -0.15) is 0 Å². The number of hydrogen-bond acceptors (Lipinski definition) is 4. The van der Waals surface area contributed by atoms with Gasteiger partial charge >= 0.3 is 5.97 Å². The standard InChI is InChI=1S/C17H12F5NO3S/c1-7-3-4-8(17(25)26-2)5-9(7)23-10(24)6-27-16-14(21)12(19)11(18)13(20)15(16)22/h3-5H,6H2,1-2H3,(H,23,24). The summed E-state index contributed by atoms with van der Waals surface area (Å²) in [4.78, 5) is 22.4. The summed E-state index contributed by atoms with van der Waals surface area (Å²) < 4.78 is 71.1. The summed E-state index contributed by atoms with van der Waals surface area (Å²) in [5, 5.41) is 2.41. The van der Waals surface area contributed by atoms with Gasteiger partial charge in [0.05, 0.1) is 23.3 Å². The van der Waals surface area contributed by atoms with Crippen LogP contribution in [0.15, 0.2) is 23.1 Å². The molecule has 0 aliphatic carbocycles. The molecule has 144 valence electrons. The SMILES string of the molecule is COC(=O)c1ccc(C)c(NC(=O)CSc2c(F)c(F)c(F)c(F)c2F)c1. The van der Waals surface area contributed by atoms with E-state index in [0.717, 1.165) is 0 Å². The predicted molar refractivity (Wildman–Crippen MR) is 88.1 cm³/mol. The molecule has 4 nitrogen and oxygen atoms in total. The van der Waals surface area contributed by atoms with Gasteiger partial charge in [0.25, 0.3) is 0 Å². The summed E-state index contributed by atoms with van der Waals surface area (Å²) >= 11 is 0.159. The molecular formula is C17H12F5NO3S. The normalized spacial score (nSPS) is 10.6. The maximum absolute atomic E-state index is 13.6. The minimum atomic E-state index is -2.27. The third-order valence-electron chi connectivity index (χ3n) is 3.45. The van der Waals surface area contributed by atoms with Gasteiger partial charge in [0.15, 0.2) is 23.3 Å². The van der Waals surface area contributed by atoms with E-state index in [1.807, 2.05) is 0 Å². The predicted octanol–water partition coefficient (Wildman–Crippen LogP) is 4.21. The highest BCUT2D eigenvalue weighted by Crippen LogP contribution is 2.31. The second-order valence-corrected chi connectivity index (χ2v) is 6.24. The van der Waals surface area contributed by atoms with E-state index in [1.165, 1.54) is 19.2 Å². The van der Waals surface area contributed by atoms with Crippen LogP contribution in [0.2, 0.25) is 0 Å². The van der Waals surface area contributed by atoms with Crippen LogP contribution in [0.25, 0.3) is 0 Å². The van der Waals surface area contributed by atoms with E-state index in [-0.39, 0.29) is 23.0 Å². The zero-order chi connectivity index (χ0) is 20.3. The second-order valence-electron chi connectivity index (χ2n) is 5.26. The van der Waals surface area contributed by atoms with E-state index in [0.29, 0.717) is 5.56 Å². The number of nitrogens with one attached hydrogen (secondary N) is 1. The first kappa shape index (κ1) is 20.7. The Labute approximate surface area is 154 Å². The van der Waals surface area contributed by atoms with Crippen LogP contribution in [0.5, 0.6) is 0 Å². The number of esters is 1. The van der Waals surface area contributed by atoms with E-state index >= 15 is 0 Å². The van der Waals surface area contributed by atoms with Crippen molar-refractivity contribution in [3.05, 3.63) is 58.4 Å². The molecule has 0 spiro atoms. The lowest BCUT2D eigenvalue weighted by molar-refractivity contribution is -0.113. The molecule has 2 rings (SSSR count). The van der Waals surface area contributed by atoms with Crippen LogP contribution in [0.1, 0.15) is 15.9 Å². The quantitative estimate of drug-likeness (QED) is 0.266. The molecule has 1 N–H and O–H groups in total. The van der Waals surface area contributed by atoms with E-state index in [1.54, 1.807) is 13.0 Å². The number of anilines is 1. The molecule has 2 aromatic rings. The Morgan fingerprint density at radius 3 is 2.11 bits per heavy atom. The number of amides is 1. The van der Waals surface area contributed by atoms with Crippen molar-refractivity contribution in [2.45, 2.75) is 11.8 Å². The summed E-state index contributed by atoms with van der Waals surface area (Å²) in [6.45, 7) is 1.63. The third kappa shape index (κ3) is 4.38. The number of carbonyl (C=O) groups excluding carboxylic acids is 2. The Bertz CT molecular complexity index is 891. The van der Waals surface area contributed by atoms with Gasteiger partial charge in [-0.25, -0.2) is 26.7 Å². The van der Waals surface area contributed by atoms with Crippen LogP contribution in [0.4, 0.5) is 27.6 Å². The highest BCUT2D eigenvalue weighted by molar-refractivity contribution is 8.00. The number of rotatable bonds is 5. The van der Waals surface area contributed by atoms with Gasteiger partial charge in [-0.15, -0.1) is 11.8 Å². The van der Waals surface area contributed by atoms with Crippen molar-refractivity contribution < 1.29 is 36.3 Å². The minimum Gasteiger partial charge on any atom is -0.465 e. The Balaban J connectivity index is 2.16. The zero-order valence-electron chi connectivity index (χ0n) is 14.0. The van der Waals surface area contributed by atoms with Crippen LogP contribution < -0.4 is 5.32 Å². The van der Waals surface area contributed by atoms with Crippen molar-refractivity contribution in [3.63, 3.8) is 0 Å². The maximum atomic E-state index is 13.6. The molecular weight excluding hydrogens is 393 g/mol. The monoisotopic (exact) mass is 405 g/mol. The Hall–Kier alpha value is -2.62. The van der Waals surface area contributed by atoms with Gasteiger partial charge in [0, 0.05) is 5.69 Å². The number of ether oxygens (including phenoxy) is 1. The number of benzene rings is 2. The van der Waals surface area contributed by atoms with Gasteiger partial charge < -0.3 is 10.1 Å². The summed E-state index contributed by atoms with van der Waals surface area (Å²) in [6, 6.07) is 4.35. The average molecular weight is 405 g/mol. The number of methoxy groups -OCH3 is 1. The van der Waals surface area contributed by atoms with E-state index < -0.39 is 51.6 Å². The lowest BCUT2D eigenvalue weighted by Gasteiger charge is -2.11. The van der Waals surface area contributed by atoms with Crippen LogP contribution in [0.3, 0.4) is 0 Å². The van der Waals surface area contributed by atoms with Crippen molar-refractivity contribution in [1.29, 1.82) is 0 Å². The fourth-order valence-corrected chi connectivity index (χ4v) is 2.82. The minimum absolute atomic E-state index is 0.158. The Morgan fingerprint density at radius 2 is 1.56 bits per heavy atom. The Morgan fingerprint density at radius 1 is 1.00 bits per heavy atom. The molecule has 0 aliphatic heterocycles. The molecule has 0 bridgehead atoms. The number of carbonyl (C=O) groups is 2. The molecule has 10 heteroatoms. The molecule has 0 aromatic heterocycles. The molecule has 1 amide bonds.